The fourth-order valence-corrected chi connectivity index (χ4v) is 3.52. The number of nitrogens with zero attached hydrogens (tertiary/aromatic N) is 1. The molecule has 7 nitrogen and oxygen atoms in total. The number of methoxy groups -OCH3 is 1. The number of hydrogen-bond donors (Lipinski definition) is 1. The van der Waals surface area contributed by atoms with Crippen LogP contribution in [-0.2, 0) is 11.0 Å². The average Bonchev–Trinajstić information content (AvgIpc) is 2.98. The molecule has 3 rings (SSSR count). The summed E-state index contributed by atoms with van der Waals surface area (Å²) in [6, 6.07) is 6.44. The topological polar surface area (TPSA) is 90.7 Å². The van der Waals surface area contributed by atoms with Crippen LogP contribution >= 0.6 is 24.0 Å². The molecular formula is C18H11F3N2O5S2. The van der Waals surface area contributed by atoms with Gasteiger partial charge in [0.05, 0.1) is 22.5 Å². The summed E-state index contributed by atoms with van der Waals surface area (Å²) in [6.07, 6.45) is -3.17. The van der Waals surface area contributed by atoms with Gasteiger partial charge in [-0.3, -0.25) is 14.9 Å². The number of rotatable bonds is 5. The lowest BCUT2D eigenvalue weighted by Gasteiger charge is -2.13. The highest BCUT2D eigenvalue weighted by atomic mass is 32.2. The van der Waals surface area contributed by atoms with Crippen molar-refractivity contribution < 1.29 is 32.4 Å². The average molecular weight is 456 g/mol. The molecule has 0 unspecified atom stereocenters. The fraction of sp³-hybridized carbons (Fsp3) is 0.111. The molecule has 0 radical (unpaired) electrons. The first-order chi connectivity index (χ1) is 14.1. The quantitative estimate of drug-likeness (QED) is 0.296. The Kier molecular flexibility index (Phi) is 5.99. The highest BCUT2D eigenvalue weighted by molar-refractivity contribution is 8.26. The van der Waals surface area contributed by atoms with Crippen LogP contribution in [0.5, 0.6) is 17.2 Å². The van der Waals surface area contributed by atoms with E-state index in [1.807, 2.05) is 0 Å². The number of nitrogens with one attached hydrogen (secondary N) is 1. The van der Waals surface area contributed by atoms with Crippen molar-refractivity contribution in [3.05, 3.63) is 62.5 Å². The lowest BCUT2D eigenvalue weighted by Crippen LogP contribution is -2.17. The minimum atomic E-state index is -4.73. The van der Waals surface area contributed by atoms with Gasteiger partial charge in [-0.2, -0.15) is 13.2 Å². The standard InChI is InChI=1S/C18H11F3N2O5S2/c1-27-14-6-9(7-15-16(24)22-17(29)30-15)2-4-13(14)28-12-5-3-10(18(19,20)21)8-11(12)23(25)26/h2-8H,1H3,(H,22,24,29)/b15-7-. The molecule has 0 aromatic heterocycles. The largest absolute Gasteiger partial charge is 0.493 e. The number of nitro groups is 1. The zero-order chi connectivity index (χ0) is 22.1. The lowest BCUT2D eigenvalue weighted by atomic mass is 10.1. The Labute approximate surface area is 177 Å². The summed E-state index contributed by atoms with van der Waals surface area (Å²) in [5.41, 5.74) is -1.45. The molecule has 12 heteroatoms. The number of thioether (sulfide) groups is 1. The van der Waals surface area contributed by atoms with Gasteiger partial charge >= 0.3 is 11.9 Å². The Morgan fingerprint density at radius 1 is 1.17 bits per heavy atom. The van der Waals surface area contributed by atoms with Crippen molar-refractivity contribution in [3.8, 4) is 17.2 Å². The second-order valence-corrected chi connectivity index (χ2v) is 7.52. The number of ether oxygens (including phenoxy) is 2. The van der Waals surface area contributed by atoms with Crippen molar-refractivity contribution in [2.45, 2.75) is 6.18 Å². The van der Waals surface area contributed by atoms with E-state index in [-0.39, 0.29) is 23.2 Å². The van der Waals surface area contributed by atoms with Crippen LogP contribution in [0.25, 0.3) is 6.08 Å². The Morgan fingerprint density at radius 2 is 1.87 bits per heavy atom. The molecule has 1 amide bonds. The highest BCUT2D eigenvalue weighted by Crippen LogP contribution is 2.40. The van der Waals surface area contributed by atoms with Crippen molar-refractivity contribution in [1.29, 1.82) is 0 Å². The number of halogens is 3. The molecule has 1 aliphatic rings. The van der Waals surface area contributed by atoms with Crippen molar-refractivity contribution in [2.75, 3.05) is 7.11 Å². The maximum atomic E-state index is 12.8. The third kappa shape index (κ3) is 4.71. The molecule has 2 aromatic carbocycles. The van der Waals surface area contributed by atoms with E-state index in [1.165, 1.54) is 19.2 Å². The van der Waals surface area contributed by atoms with E-state index in [4.69, 9.17) is 21.7 Å². The zero-order valence-electron chi connectivity index (χ0n) is 15.0. The van der Waals surface area contributed by atoms with Gasteiger partial charge in [-0.25, -0.2) is 0 Å². The monoisotopic (exact) mass is 456 g/mol. The Bertz CT molecular complexity index is 1090. The first-order valence-electron chi connectivity index (χ1n) is 8.05. The van der Waals surface area contributed by atoms with Gasteiger partial charge in [-0.05, 0) is 35.9 Å². The van der Waals surface area contributed by atoms with E-state index in [2.05, 4.69) is 5.32 Å². The van der Waals surface area contributed by atoms with Crippen molar-refractivity contribution in [1.82, 2.24) is 5.32 Å². The molecule has 1 aliphatic heterocycles. The summed E-state index contributed by atoms with van der Waals surface area (Å²) in [5, 5.41) is 13.7. The summed E-state index contributed by atoms with van der Waals surface area (Å²) >= 11 is 6.01. The van der Waals surface area contributed by atoms with E-state index < -0.39 is 22.4 Å². The SMILES string of the molecule is COc1cc(/C=C2\SC(=S)NC2=O)ccc1Oc1ccc(C(F)(F)F)cc1[N+](=O)[O-]. The maximum absolute atomic E-state index is 12.8. The molecule has 0 aliphatic carbocycles. The molecule has 30 heavy (non-hydrogen) atoms. The Morgan fingerprint density at radius 3 is 2.43 bits per heavy atom. The van der Waals surface area contributed by atoms with Gasteiger partial charge < -0.3 is 14.8 Å². The van der Waals surface area contributed by atoms with Crippen LogP contribution in [-0.4, -0.2) is 22.3 Å². The van der Waals surface area contributed by atoms with E-state index in [9.17, 15) is 28.1 Å². The predicted octanol–water partition coefficient (Wildman–Crippen LogP) is 4.90. The molecule has 1 fully saturated rings. The molecule has 0 atom stereocenters. The van der Waals surface area contributed by atoms with E-state index in [0.29, 0.717) is 26.9 Å². The molecular weight excluding hydrogens is 445 g/mol. The number of thiocarbonyl (C=S) groups is 1. The normalized spacial score (nSPS) is 15.3. The molecule has 0 saturated carbocycles. The van der Waals surface area contributed by atoms with Crippen LogP contribution in [0.3, 0.4) is 0 Å². The predicted molar refractivity (Wildman–Crippen MR) is 107 cm³/mol. The van der Waals surface area contributed by atoms with Crippen LogP contribution in [0.2, 0.25) is 0 Å². The second-order valence-electron chi connectivity index (χ2n) is 5.80. The van der Waals surface area contributed by atoms with Crippen LogP contribution in [0.15, 0.2) is 41.3 Å². The van der Waals surface area contributed by atoms with Gasteiger partial charge in [-0.1, -0.05) is 30.0 Å². The summed E-state index contributed by atoms with van der Waals surface area (Å²) in [5.74, 6) is -0.524. The summed E-state index contributed by atoms with van der Waals surface area (Å²) in [7, 11) is 1.33. The molecule has 1 N–H and O–H groups in total. The second kappa shape index (κ2) is 8.32. The number of carbonyl (C=O) groups excluding carboxylic acids is 1. The first kappa shape index (κ1) is 21.6. The fourth-order valence-electron chi connectivity index (χ4n) is 2.47. The smallest absolute Gasteiger partial charge is 0.416 e. The number of amides is 1. The first-order valence-corrected chi connectivity index (χ1v) is 9.27. The van der Waals surface area contributed by atoms with Gasteiger partial charge in [0.25, 0.3) is 5.91 Å². The van der Waals surface area contributed by atoms with Gasteiger partial charge in [-0.15, -0.1) is 0 Å². The number of hydrogen-bond acceptors (Lipinski definition) is 7. The zero-order valence-corrected chi connectivity index (χ0v) is 16.6. The third-order valence-electron chi connectivity index (χ3n) is 3.83. The van der Waals surface area contributed by atoms with Crippen LogP contribution in [0.1, 0.15) is 11.1 Å². The number of nitro benzene ring substituents is 1. The van der Waals surface area contributed by atoms with Gasteiger partial charge in [0.15, 0.2) is 11.5 Å². The molecule has 2 aromatic rings. The van der Waals surface area contributed by atoms with Crippen LogP contribution in [0, 0.1) is 10.1 Å². The number of benzene rings is 2. The summed E-state index contributed by atoms with van der Waals surface area (Å²) < 4.78 is 49.5. The molecule has 156 valence electrons. The van der Waals surface area contributed by atoms with Crippen LogP contribution < -0.4 is 14.8 Å². The molecule has 1 heterocycles. The van der Waals surface area contributed by atoms with E-state index >= 15 is 0 Å². The molecule has 1 saturated heterocycles. The van der Waals surface area contributed by atoms with Crippen molar-refractivity contribution in [2.24, 2.45) is 0 Å². The Balaban J connectivity index is 1.94. The highest BCUT2D eigenvalue weighted by Gasteiger charge is 2.33. The van der Waals surface area contributed by atoms with E-state index in [0.717, 1.165) is 17.8 Å². The number of alkyl halides is 3. The lowest BCUT2D eigenvalue weighted by molar-refractivity contribution is -0.385. The minimum absolute atomic E-state index is 0.0431. The Hall–Kier alpha value is -3.12. The van der Waals surface area contributed by atoms with E-state index in [1.54, 1.807) is 12.1 Å². The molecule has 0 bridgehead atoms. The minimum Gasteiger partial charge on any atom is -0.493 e. The van der Waals surface area contributed by atoms with Gasteiger partial charge in [0.1, 0.15) is 4.32 Å². The van der Waals surface area contributed by atoms with Gasteiger partial charge in [0.2, 0.25) is 5.75 Å². The molecule has 0 spiro atoms. The van der Waals surface area contributed by atoms with Crippen molar-refractivity contribution >= 4 is 46.0 Å². The van der Waals surface area contributed by atoms with Gasteiger partial charge in [0, 0.05) is 6.07 Å². The third-order valence-corrected chi connectivity index (χ3v) is 4.99. The maximum Gasteiger partial charge on any atom is 0.416 e. The van der Waals surface area contributed by atoms with Crippen molar-refractivity contribution in [3.63, 3.8) is 0 Å². The van der Waals surface area contributed by atoms with Crippen LogP contribution in [0.4, 0.5) is 18.9 Å². The summed E-state index contributed by atoms with van der Waals surface area (Å²) in [6.45, 7) is 0. The summed E-state index contributed by atoms with van der Waals surface area (Å²) in [4.78, 5) is 22.4. The number of carbonyl (C=O) groups is 1.